The van der Waals surface area contributed by atoms with Crippen molar-refractivity contribution in [3.8, 4) is 6.07 Å². The number of rotatable bonds is 4. The number of nitriles is 1. The monoisotopic (exact) mass is 280 g/mol. The first-order chi connectivity index (χ1) is 9.13. The fourth-order valence-electron chi connectivity index (χ4n) is 2.03. The predicted octanol–water partition coefficient (Wildman–Crippen LogP) is -0.249. The maximum Gasteiger partial charge on any atom is 0.215 e. The van der Waals surface area contributed by atoms with Gasteiger partial charge >= 0.3 is 0 Å². The van der Waals surface area contributed by atoms with Gasteiger partial charge in [-0.15, -0.1) is 0 Å². The van der Waals surface area contributed by atoms with Crippen molar-refractivity contribution in [3.63, 3.8) is 0 Å². The molecule has 1 aliphatic rings. The summed E-state index contributed by atoms with van der Waals surface area (Å²) < 4.78 is 25.8. The average molecular weight is 280 g/mol. The summed E-state index contributed by atoms with van der Waals surface area (Å²) in [6, 6.07) is 6.84. The van der Waals surface area contributed by atoms with E-state index in [1.807, 2.05) is 12.1 Å². The van der Waals surface area contributed by atoms with Crippen molar-refractivity contribution in [1.82, 2.24) is 14.6 Å². The van der Waals surface area contributed by atoms with Crippen molar-refractivity contribution in [3.05, 3.63) is 30.1 Å². The minimum absolute atomic E-state index is 0.0117. The highest BCUT2D eigenvalue weighted by Gasteiger charge is 2.31. The lowest BCUT2D eigenvalue weighted by Crippen LogP contribution is -2.53. The number of aromatic nitrogens is 1. The van der Waals surface area contributed by atoms with E-state index in [-0.39, 0.29) is 5.75 Å². The van der Waals surface area contributed by atoms with Crippen LogP contribution in [-0.4, -0.2) is 49.1 Å². The molecule has 7 heteroatoms. The van der Waals surface area contributed by atoms with Crippen LogP contribution in [0.2, 0.25) is 0 Å². The van der Waals surface area contributed by atoms with E-state index in [0.29, 0.717) is 26.1 Å². The average Bonchev–Trinajstić information content (AvgIpc) is 2.46. The molecular formula is C12H16N4O2S. The van der Waals surface area contributed by atoms with Crippen LogP contribution in [0.15, 0.2) is 24.4 Å². The van der Waals surface area contributed by atoms with Crippen molar-refractivity contribution in [2.75, 3.05) is 25.4 Å². The molecule has 1 fully saturated rings. The number of aryl methyl sites for hydroxylation is 1. The van der Waals surface area contributed by atoms with E-state index in [0.717, 1.165) is 5.69 Å². The van der Waals surface area contributed by atoms with Crippen LogP contribution in [-0.2, 0) is 16.4 Å². The summed E-state index contributed by atoms with van der Waals surface area (Å²) in [4.78, 5) is 4.11. The molecule has 1 N–H and O–H groups in total. The normalized spacial score (nSPS) is 20.9. The molecule has 2 rings (SSSR count). The van der Waals surface area contributed by atoms with Crippen molar-refractivity contribution in [2.45, 2.75) is 12.5 Å². The molecule has 102 valence electrons. The maximum atomic E-state index is 12.2. The van der Waals surface area contributed by atoms with Crippen LogP contribution >= 0.6 is 0 Å². The molecule has 1 unspecified atom stereocenters. The molecule has 1 aromatic heterocycles. The van der Waals surface area contributed by atoms with Crippen LogP contribution in [0, 0.1) is 11.3 Å². The van der Waals surface area contributed by atoms with Crippen LogP contribution in [0.25, 0.3) is 0 Å². The zero-order chi connectivity index (χ0) is 13.7. The minimum atomic E-state index is -3.41. The molecule has 0 amide bonds. The highest BCUT2D eigenvalue weighted by atomic mass is 32.2. The highest BCUT2D eigenvalue weighted by Crippen LogP contribution is 2.11. The molecule has 1 aliphatic heterocycles. The topological polar surface area (TPSA) is 86.1 Å². The lowest BCUT2D eigenvalue weighted by Gasteiger charge is -2.30. The fraction of sp³-hybridized carbons (Fsp3) is 0.500. The molecule has 0 aromatic carbocycles. The van der Waals surface area contributed by atoms with Gasteiger partial charge in [0, 0.05) is 37.9 Å². The van der Waals surface area contributed by atoms with Gasteiger partial charge in [-0.05, 0) is 12.1 Å². The SMILES string of the molecule is N#CC1CNCCN1S(=O)(=O)CCc1ccccn1. The lowest BCUT2D eigenvalue weighted by molar-refractivity contribution is 0.312. The van der Waals surface area contributed by atoms with Crippen LogP contribution in [0.4, 0.5) is 0 Å². The standard InChI is InChI=1S/C12H16N4O2S/c13-9-12-10-14-6-7-16(12)19(17,18)8-4-11-3-1-2-5-15-11/h1-3,5,12,14H,4,6-8,10H2. The predicted molar refractivity (Wildman–Crippen MR) is 70.7 cm³/mol. The molecule has 1 atom stereocenters. The molecular weight excluding hydrogens is 264 g/mol. The Labute approximate surface area is 113 Å². The molecule has 19 heavy (non-hydrogen) atoms. The number of pyridine rings is 1. The lowest BCUT2D eigenvalue weighted by atomic mass is 10.3. The first kappa shape index (κ1) is 13.9. The Bertz CT molecular complexity index is 553. The molecule has 1 aromatic rings. The number of piperazine rings is 1. The van der Waals surface area contributed by atoms with Crippen LogP contribution < -0.4 is 5.32 Å². The molecule has 0 saturated carbocycles. The summed E-state index contributed by atoms with van der Waals surface area (Å²) in [6.07, 6.45) is 2.01. The summed E-state index contributed by atoms with van der Waals surface area (Å²) in [6.45, 7) is 1.32. The van der Waals surface area contributed by atoms with E-state index in [4.69, 9.17) is 5.26 Å². The number of nitrogens with zero attached hydrogens (tertiary/aromatic N) is 3. The van der Waals surface area contributed by atoms with Crippen molar-refractivity contribution in [1.29, 1.82) is 5.26 Å². The van der Waals surface area contributed by atoms with Gasteiger partial charge in [0.2, 0.25) is 10.0 Å². The summed E-state index contributed by atoms with van der Waals surface area (Å²) in [5.41, 5.74) is 0.745. The van der Waals surface area contributed by atoms with E-state index >= 15 is 0 Å². The Kier molecular flexibility index (Phi) is 4.47. The van der Waals surface area contributed by atoms with Gasteiger partial charge in [0.25, 0.3) is 0 Å². The molecule has 1 saturated heterocycles. The van der Waals surface area contributed by atoms with E-state index < -0.39 is 16.1 Å². The quantitative estimate of drug-likeness (QED) is 0.822. The Morgan fingerprint density at radius 3 is 3.05 bits per heavy atom. The summed E-state index contributed by atoms with van der Waals surface area (Å²) in [5.74, 6) is -0.0117. The van der Waals surface area contributed by atoms with Gasteiger partial charge in [0.15, 0.2) is 0 Å². The fourth-order valence-corrected chi connectivity index (χ4v) is 3.61. The van der Waals surface area contributed by atoms with Crippen LogP contribution in [0.1, 0.15) is 5.69 Å². The van der Waals surface area contributed by atoms with Gasteiger partial charge in [-0.3, -0.25) is 4.98 Å². The van der Waals surface area contributed by atoms with E-state index in [9.17, 15) is 8.42 Å². The molecule has 0 spiro atoms. The molecule has 2 heterocycles. The molecule has 0 aliphatic carbocycles. The van der Waals surface area contributed by atoms with E-state index in [1.54, 1.807) is 18.3 Å². The zero-order valence-corrected chi connectivity index (χ0v) is 11.3. The molecule has 0 bridgehead atoms. The van der Waals surface area contributed by atoms with Gasteiger partial charge in [0.1, 0.15) is 6.04 Å². The Hall–Kier alpha value is -1.49. The summed E-state index contributed by atoms with van der Waals surface area (Å²) in [7, 11) is -3.41. The van der Waals surface area contributed by atoms with Crippen LogP contribution in [0.5, 0.6) is 0 Å². The van der Waals surface area contributed by atoms with Crippen molar-refractivity contribution in [2.24, 2.45) is 0 Å². The number of nitrogens with one attached hydrogen (secondary N) is 1. The van der Waals surface area contributed by atoms with Crippen molar-refractivity contribution < 1.29 is 8.42 Å². The van der Waals surface area contributed by atoms with Gasteiger partial charge in [0.05, 0.1) is 11.8 Å². The smallest absolute Gasteiger partial charge is 0.215 e. The molecule has 0 radical (unpaired) electrons. The number of hydrogen-bond donors (Lipinski definition) is 1. The second-order valence-electron chi connectivity index (χ2n) is 4.35. The summed E-state index contributed by atoms with van der Waals surface area (Å²) >= 11 is 0. The summed E-state index contributed by atoms with van der Waals surface area (Å²) in [5, 5.41) is 12.0. The van der Waals surface area contributed by atoms with Gasteiger partial charge in [-0.1, -0.05) is 6.07 Å². The van der Waals surface area contributed by atoms with Gasteiger partial charge < -0.3 is 5.32 Å². The minimum Gasteiger partial charge on any atom is -0.313 e. The molecule has 6 nitrogen and oxygen atoms in total. The maximum absolute atomic E-state index is 12.2. The van der Waals surface area contributed by atoms with Gasteiger partial charge in [-0.25, -0.2) is 8.42 Å². The van der Waals surface area contributed by atoms with Crippen molar-refractivity contribution >= 4 is 10.0 Å². The highest BCUT2D eigenvalue weighted by molar-refractivity contribution is 7.89. The largest absolute Gasteiger partial charge is 0.313 e. The third kappa shape index (κ3) is 3.50. The Balaban J connectivity index is 2.03. The third-order valence-electron chi connectivity index (χ3n) is 3.04. The zero-order valence-electron chi connectivity index (χ0n) is 10.5. The Morgan fingerprint density at radius 2 is 2.37 bits per heavy atom. The number of sulfonamides is 1. The van der Waals surface area contributed by atoms with E-state index in [1.165, 1.54) is 4.31 Å². The second-order valence-corrected chi connectivity index (χ2v) is 6.39. The first-order valence-electron chi connectivity index (χ1n) is 6.13. The second kappa shape index (κ2) is 6.10. The Morgan fingerprint density at radius 1 is 1.53 bits per heavy atom. The van der Waals surface area contributed by atoms with Gasteiger partial charge in [-0.2, -0.15) is 9.57 Å². The third-order valence-corrected chi connectivity index (χ3v) is 4.91. The van der Waals surface area contributed by atoms with Crippen LogP contribution in [0.3, 0.4) is 0 Å². The first-order valence-corrected chi connectivity index (χ1v) is 7.74. The van der Waals surface area contributed by atoms with E-state index in [2.05, 4.69) is 10.3 Å². The number of hydrogen-bond acceptors (Lipinski definition) is 5.